The van der Waals surface area contributed by atoms with Gasteiger partial charge in [0.25, 0.3) is 0 Å². The molecule has 2 rings (SSSR count). The second kappa shape index (κ2) is 5.49. The summed E-state index contributed by atoms with van der Waals surface area (Å²) in [5.41, 5.74) is 0.922. The molecule has 0 spiro atoms. The number of nitrogens with zero attached hydrogens (tertiary/aromatic N) is 2. The Kier molecular flexibility index (Phi) is 3.76. The molecule has 0 aliphatic carbocycles. The highest BCUT2D eigenvalue weighted by Crippen LogP contribution is 2.23. The fourth-order valence-corrected chi connectivity index (χ4v) is 1.91. The Balaban J connectivity index is 2.31. The van der Waals surface area contributed by atoms with Gasteiger partial charge in [-0.3, -0.25) is 0 Å². The Hall–Kier alpha value is -2.41. The fourth-order valence-electron chi connectivity index (χ4n) is 1.91. The van der Waals surface area contributed by atoms with Gasteiger partial charge in [0.15, 0.2) is 0 Å². The molecule has 0 fully saturated rings. The van der Waals surface area contributed by atoms with Crippen LogP contribution in [0.25, 0.3) is 0 Å². The minimum atomic E-state index is -0.569. The van der Waals surface area contributed by atoms with E-state index in [9.17, 15) is 8.78 Å². The summed E-state index contributed by atoms with van der Waals surface area (Å²) < 4.78 is 27.1. The van der Waals surface area contributed by atoms with E-state index in [1.54, 1.807) is 36.2 Å². The van der Waals surface area contributed by atoms with Crippen LogP contribution in [0.2, 0.25) is 0 Å². The van der Waals surface area contributed by atoms with Gasteiger partial charge in [0.2, 0.25) is 0 Å². The van der Waals surface area contributed by atoms with Gasteiger partial charge in [0, 0.05) is 19.2 Å². The van der Waals surface area contributed by atoms with Crippen LogP contribution in [-0.2, 0) is 6.54 Å². The van der Waals surface area contributed by atoms with Gasteiger partial charge in [0.05, 0.1) is 5.69 Å². The lowest BCUT2D eigenvalue weighted by molar-refractivity contribution is 0.606. The van der Waals surface area contributed by atoms with Crippen molar-refractivity contribution in [2.24, 2.45) is 0 Å². The number of anilines is 1. The third-order valence-corrected chi connectivity index (χ3v) is 2.88. The molecule has 0 N–H and O–H groups in total. The summed E-state index contributed by atoms with van der Waals surface area (Å²) in [4.78, 5) is 1.65. The van der Waals surface area contributed by atoms with Gasteiger partial charge in [-0.05, 0) is 18.2 Å². The summed E-state index contributed by atoms with van der Waals surface area (Å²) in [6, 6.07) is 12.6. The molecule has 0 unspecified atom stereocenters. The zero-order chi connectivity index (χ0) is 13.8. The van der Waals surface area contributed by atoms with Crippen LogP contribution in [0.1, 0.15) is 11.1 Å². The predicted molar refractivity (Wildman–Crippen MR) is 69.6 cm³/mol. The van der Waals surface area contributed by atoms with Crippen molar-refractivity contribution in [1.82, 2.24) is 0 Å². The van der Waals surface area contributed by atoms with E-state index >= 15 is 0 Å². The van der Waals surface area contributed by atoms with E-state index in [0.29, 0.717) is 11.3 Å². The molecule has 19 heavy (non-hydrogen) atoms. The maximum atomic E-state index is 13.6. The van der Waals surface area contributed by atoms with Gasteiger partial charge < -0.3 is 4.90 Å². The largest absolute Gasteiger partial charge is 0.369 e. The van der Waals surface area contributed by atoms with Crippen LogP contribution in [0.3, 0.4) is 0 Å². The molecule has 0 saturated heterocycles. The van der Waals surface area contributed by atoms with E-state index < -0.39 is 5.82 Å². The number of nitriles is 1. The lowest BCUT2D eigenvalue weighted by Crippen LogP contribution is -2.18. The Morgan fingerprint density at radius 3 is 2.42 bits per heavy atom. The molecule has 4 heteroatoms. The molecule has 96 valence electrons. The van der Waals surface area contributed by atoms with E-state index in [0.717, 1.165) is 0 Å². The third kappa shape index (κ3) is 2.71. The zero-order valence-corrected chi connectivity index (χ0v) is 10.4. The van der Waals surface area contributed by atoms with Crippen LogP contribution < -0.4 is 4.90 Å². The van der Waals surface area contributed by atoms with E-state index in [-0.39, 0.29) is 17.9 Å². The number of hydrogen-bond donors (Lipinski definition) is 0. The predicted octanol–water partition coefficient (Wildman–Crippen LogP) is 3.47. The summed E-state index contributed by atoms with van der Waals surface area (Å²) in [5.74, 6) is -0.885. The molecule has 0 aliphatic rings. The Morgan fingerprint density at radius 2 is 1.74 bits per heavy atom. The van der Waals surface area contributed by atoms with E-state index in [1.165, 1.54) is 18.2 Å². The molecule has 0 radical (unpaired) electrons. The molecule has 2 aromatic carbocycles. The summed E-state index contributed by atoms with van der Waals surface area (Å²) in [6.07, 6.45) is 0. The van der Waals surface area contributed by atoms with Gasteiger partial charge in [-0.2, -0.15) is 5.26 Å². The molecule has 0 aliphatic heterocycles. The first-order valence-electron chi connectivity index (χ1n) is 5.76. The van der Waals surface area contributed by atoms with Gasteiger partial charge >= 0.3 is 0 Å². The van der Waals surface area contributed by atoms with Crippen molar-refractivity contribution in [3.05, 3.63) is 65.2 Å². The van der Waals surface area contributed by atoms with Gasteiger partial charge in [0.1, 0.15) is 23.3 Å². The average Bonchev–Trinajstić information content (AvgIpc) is 2.41. The maximum absolute atomic E-state index is 13.6. The first-order chi connectivity index (χ1) is 9.13. The normalized spacial score (nSPS) is 10.0. The first-order valence-corrected chi connectivity index (χ1v) is 5.76. The summed E-state index contributed by atoms with van der Waals surface area (Å²) in [6.45, 7) is 0.269. The van der Waals surface area contributed by atoms with E-state index in [2.05, 4.69) is 0 Å². The minimum Gasteiger partial charge on any atom is -0.369 e. The van der Waals surface area contributed by atoms with Crippen LogP contribution >= 0.6 is 0 Å². The highest BCUT2D eigenvalue weighted by molar-refractivity contribution is 5.59. The lowest BCUT2D eigenvalue weighted by atomic mass is 10.1. The molecule has 2 aromatic rings. The second-order valence-electron chi connectivity index (χ2n) is 4.19. The number of halogens is 2. The van der Waals surface area contributed by atoms with Gasteiger partial charge in [-0.25, -0.2) is 8.78 Å². The number of rotatable bonds is 3. The van der Waals surface area contributed by atoms with Crippen molar-refractivity contribution in [2.45, 2.75) is 6.54 Å². The van der Waals surface area contributed by atoms with Crippen molar-refractivity contribution in [3.8, 4) is 6.07 Å². The Morgan fingerprint density at radius 1 is 1.05 bits per heavy atom. The van der Waals surface area contributed by atoms with E-state index in [1.807, 2.05) is 6.07 Å². The van der Waals surface area contributed by atoms with Crippen LogP contribution in [-0.4, -0.2) is 7.05 Å². The van der Waals surface area contributed by atoms with Crippen molar-refractivity contribution in [1.29, 1.82) is 5.26 Å². The van der Waals surface area contributed by atoms with Crippen LogP contribution in [0.4, 0.5) is 14.5 Å². The SMILES string of the molecule is CN(Cc1ccccc1F)c1cccc(F)c1C#N. The summed E-state index contributed by atoms with van der Waals surface area (Å²) in [7, 11) is 1.70. The first kappa shape index (κ1) is 13.0. The fraction of sp³-hybridized carbons (Fsp3) is 0.133. The van der Waals surface area contributed by atoms with Crippen molar-refractivity contribution < 1.29 is 8.78 Å². The molecular formula is C15H12F2N2. The third-order valence-electron chi connectivity index (χ3n) is 2.88. The lowest BCUT2D eigenvalue weighted by Gasteiger charge is -2.21. The Bertz CT molecular complexity index is 632. The smallest absolute Gasteiger partial charge is 0.143 e. The maximum Gasteiger partial charge on any atom is 0.143 e. The Labute approximate surface area is 110 Å². The minimum absolute atomic E-state index is 0.0265. The van der Waals surface area contributed by atoms with Crippen LogP contribution in [0.5, 0.6) is 0 Å². The molecule has 0 atom stereocenters. The molecule has 0 amide bonds. The number of hydrogen-bond acceptors (Lipinski definition) is 2. The summed E-state index contributed by atoms with van der Waals surface area (Å²) in [5, 5.41) is 8.98. The van der Waals surface area contributed by atoms with Gasteiger partial charge in [-0.15, -0.1) is 0 Å². The highest BCUT2D eigenvalue weighted by atomic mass is 19.1. The quantitative estimate of drug-likeness (QED) is 0.842. The molecule has 0 bridgehead atoms. The standard InChI is InChI=1S/C15H12F2N2/c1-19(10-11-5-2-3-6-13(11)16)15-8-4-7-14(17)12(15)9-18/h2-8H,10H2,1H3. The highest BCUT2D eigenvalue weighted by Gasteiger charge is 2.13. The van der Waals surface area contributed by atoms with Crippen molar-refractivity contribution in [3.63, 3.8) is 0 Å². The second-order valence-corrected chi connectivity index (χ2v) is 4.19. The number of benzene rings is 2. The van der Waals surface area contributed by atoms with Crippen molar-refractivity contribution in [2.75, 3.05) is 11.9 Å². The monoisotopic (exact) mass is 258 g/mol. The zero-order valence-electron chi connectivity index (χ0n) is 10.4. The molecule has 0 saturated carbocycles. The molecular weight excluding hydrogens is 246 g/mol. The summed E-state index contributed by atoms with van der Waals surface area (Å²) >= 11 is 0. The van der Waals surface area contributed by atoms with E-state index in [4.69, 9.17) is 5.26 Å². The molecule has 0 aromatic heterocycles. The van der Waals surface area contributed by atoms with Crippen molar-refractivity contribution >= 4 is 5.69 Å². The topological polar surface area (TPSA) is 27.0 Å². The van der Waals surface area contributed by atoms with Gasteiger partial charge in [-0.1, -0.05) is 24.3 Å². The van der Waals surface area contributed by atoms with Crippen LogP contribution in [0.15, 0.2) is 42.5 Å². The average molecular weight is 258 g/mol. The molecule has 2 nitrogen and oxygen atoms in total. The molecule has 0 heterocycles. The van der Waals surface area contributed by atoms with Crippen LogP contribution in [0, 0.1) is 23.0 Å².